The summed E-state index contributed by atoms with van der Waals surface area (Å²) in [5.41, 5.74) is 3.59. The molecule has 0 aliphatic carbocycles. The molecule has 38 heavy (non-hydrogen) atoms. The normalized spacial score (nSPS) is 11.4. The second-order valence-electron chi connectivity index (χ2n) is 8.33. The second kappa shape index (κ2) is 10.7. The first-order valence-electron chi connectivity index (χ1n) is 11.7. The van der Waals surface area contributed by atoms with E-state index >= 15 is 0 Å². The molecule has 11 heteroatoms. The highest BCUT2D eigenvalue weighted by Crippen LogP contribution is 2.24. The van der Waals surface area contributed by atoms with Gasteiger partial charge in [0.25, 0.3) is 5.91 Å². The number of nitrogens with one attached hydrogen (secondary N) is 2. The van der Waals surface area contributed by atoms with Crippen LogP contribution in [0.3, 0.4) is 0 Å². The Morgan fingerprint density at radius 3 is 2.45 bits per heavy atom. The van der Waals surface area contributed by atoms with Crippen molar-refractivity contribution >= 4 is 16.9 Å². The molecule has 3 aromatic carbocycles. The number of carbonyl (C=O) groups excluding carboxylic acids is 1. The van der Waals surface area contributed by atoms with Gasteiger partial charge in [0.2, 0.25) is 0 Å². The van der Waals surface area contributed by atoms with Crippen LogP contribution in [-0.4, -0.2) is 38.3 Å². The van der Waals surface area contributed by atoms with E-state index in [1.54, 1.807) is 43.0 Å². The number of ether oxygens (including phenoxy) is 2. The highest BCUT2D eigenvalue weighted by Gasteiger charge is 2.30. The summed E-state index contributed by atoms with van der Waals surface area (Å²) in [5.74, 6) is 0.944. The van der Waals surface area contributed by atoms with Crippen molar-refractivity contribution in [3.05, 3.63) is 102 Å². The smallest absolute Gasteiger partial charge is 0.489 e. The van der Waals surface area contributed by atoms with Gasteiger partial charge in [0.15, 0.2) is 0 Å². The Hall–Kier alpha value is -4.80. The first-order valence-corrected chi connectivity index (χ1v) is 11.7. The van der Waals surface area contributed by atoms with Gasteiger partial charge >= 0.3 is 6.36 Å². The molecule has 0 saturated heterocycles. The minimum absolute atomic E-state index is 0.183. The fourth-order valence-corrected chi connectivity index (χ4v) is 3.85. The first-order chi connectivity index (χ1) is 18.3. The van der Waals surface area contributed by atoms with Crippen LogP contribution in [0, 0.1) is 0 Å². The zero-order chi connectivity index (χ0) is 26.5. The highest BCUT2D eigenvalue weighted by molar-refractivity contribution is 5.97. The van der Waals surface area contributed by atoms with Crippen molar-refractivity contribution in [1.29, 1.82) is 0 Å². The summed E-state index contributed by atoms with van der Waals surface area (Å²) in [6.07, 6.45) is 0.982. The Morgan fingerprint density at radius 2 is 1.74 bits per heavy atom. The van der Waals surface area contributed by atoms with Crippen molar-refractivity contribution < 1.29 is 27.4 Å². The van der Waals surface area contributed by atoms with E-state index in [1.807, 2.05) is 22.8 Å². The summed E-state index contributed by atoms with van der Waals surface area (Å²) in [6, 6.07) is 18.2. The number of nitrogens with zero attached hydrogens (tertiary/aromatic N) is 3. The predicted molar refractivity (Wildman–Crippen MR) is 133 cm³/mol. The number of imidazole rings is 2. The fourth-order valence-electron chi connectivity index (χ4n) is 3.85. The first kappa shape index (κ1) is 24.9. The summed E-state index contributed by atoms with van der Waals surface area (Å²) in [7, 11) is 0. The number of hydrogen-bond acceptors (Lipinski definition) is 5. The summed E-state index contributed by atoms with van der Waals surface area (Å²) >= 11 is 0. The molecule has 5 rings (SSSR count). The van der Waals surface area contributed by atoms with Crippen molar-refractivity contribution in [2.24, 2.45) is 0 Å². The van der Waals surface area contributed by atoms with Gasteiger partial charge in [-0.1, -0.05) is 12.1 Å². The number of aromatic amines is 1. The standard InChI is InChI=1S/C27H22F3N5O3/c28-27(29,30)38-22-6-1-18(2-7-22)16-37-21-8-4-20(5-9-21)35-17-34-23-15-19(3-10-24(23)35)26(36)33-12-11-25-31-13-14-32-25/h1-10,13-15,17H,11-12,16H2,(H,31,32)(H,33,36). The quantitative estimate of drug-likeness (QED) is 0.278. The Bertz CT molecular complexity index is 1510. The van der Waals surface area contributed by atoms with Crippen LogP contribution in [0.1, 0.15) is 21.7 Å². The van der Waals surface area contributed by atoms with Crippen molar-refractivity contribution in [2.45, 2.75) is 19.4 Å². The summed E-state index contributed by atoms with van der Waals surface area (Å²) in [6.45, 7) is 0.650. The SMILES string of the molecule is O=C(NCCc1ncc[nH]1)c1ccc2c(c1)ncn2-c1ccc(OCc2ccc(OC(F)(F)F)cc2)cc1. The van der Waals surface area contributed by atoms with Gasteiger partial charge in [0, 0.05) is 36.6 Å². The van der Waals surface area contributed by atoms with Crippen LogP contribution < -0.4 is 14.8 Å². The molecule has 0 atom stereocenters. The number of carbonyl (C=O) groups is 1. The predicted octanol–water partition coefficient (Wildman–Crippen LogP) is 5.20. The molecule has 0 aliphatic rings. The number of halogens is 3. The van der Waals surface area contributed by atoms with Crippen LogP contribution in [0.2, 0.25) is 0 Å². The van der Waals surface area contributed by atoms with E-state index in [9.17, 15) is 18.0 Å². The number of H-pyrrole nitrogens is 1. The van der Waals surface area contributed by atoms with E-state index in [1.165, 1.54) is 24.3 Å². The molecular formula is C27H22F3N5O3. The van der Waals surface area contributed by atoms with Crippen molar-refractivity contribution in [3.63, 3.8) is 0 Å². The number of hydrogen-bond donors (Lipinski definition) is 2. The number of amides is 1. The zero-order valence-corrected chi connectivity index (χ0v) is 19.9. The Labute approximate surface area is 215 Å². The molecule has 2 N–H and O–H groups in total. The second-order valence-corrected chi connectivity index (χ2v) is 8.33. The van der Waals surface area contributed by atoms with Gasteiger partial charge in [-0.15, -0.1) is 13.2 Å². The number of benzene rings is 3. The lowest BCUT2D eigenvalue weighted by atomic mass is 10.2. The van der Waals surface area contributed by atoms with E-state index in [4.69, 9.17) is 4.74 Å². The van der Waals surface area contributed by atoms with Crippen LogP contribution in [0.5, 0.6) is 11.5 Å². The van der Waals surface area contributed by atoms with E-state index in [2.05, 4.69) is 25.0 Å². The molecule has 0 bridgehead atoms. The van der Waals surface area contributed by atoms with Crippen molar-refractivity contribution in [3.8, 4) is 17.2 Å². The van der Waals surface area contributed by atoms with Gasteiger partial charge < -0.3 is 19.8 Å². The molecular weight excluding hydrogens is 499 g/mol. The molecule has 1 amide bonds. The monoisotopic (exact) mass is 521 g/mol. The molecule has 0 spiro atoms. The molecule has 0 fully saturated rings. The average molecular weight is 521 g/mol. The van der Waals surface area contributed by atoms with Crippen LogP contribution in [0.15, 0.2) is 85.5 Å². The Kier molecular flexibility index (Phi) is 6.98. The van der Waals surface area contributed by atoms with Gasteiger partial charge in [-0.05, 0) is 60.2 Å². The lowest BCUT2D eigenvalue weighted by Crippen LogP contribution is -2.25. The van der Waals surface area contributed by atoms with Gasteiger partial charge in [0.05, 0.1) is 11.0 Å². The fraction of sp³-hybridized carbons (Fsp3) is 0.148. The summed E-state index contributed by atoms with van der Waals surface area (Å²) in [5, 5.41) is 2.88. The average Bonchev–Trinajstić information content (AvgIpc) is 3.57. The van der Waals surface area contributed by atoms with Crippen LogP contribution in [0.4, 0.5) is 13.2 Å². The van der Waals surface area contributed by atoms with Crippen LogP contribution >= 0.6 is 0 Å². The molecule has 0 unspecified atom stereocenters. The van der Waals surface area contributed by atoms with E-state index in [0.29, 0.717) is 35.4 Å². The largest absolute Gasteiger partial charge is 0.573 e. The third-order valence-corrected chi connectivity index (χ3v) is 5.69. The van der Waals surface area contributed by atoms with E-state index in [-0.39, 0.29) is 18.3 Å². The van der Waals surface area contributed by atoms with E-state index < -0.39 is 6.36 Å². The number of rotatable bonds is 9. The third-order valence-electron chi connectivity index (χ3n) is 5.69. The number of aromatic nitrogens is 4. The molecule has 2 heterocycles. The number of alkyl halides is 3. The molecule has 0 saturated carbocycles. The zero-order valence-electron chi connectivity index (χ0n) is 19.9. The maximum atomic E-state index is 12.5. The van der Waals surface area contributed by atoms with E-state index in [0.717, 1.165) is 17.0 Å². The van der Waals surface area contributed by atoms with Gasteiger partial charge in [-0.3, -0.25) is 9.36 Å². The van der Waals surface area contributed by atoms with Crippen LogP contribution in [-0.2, 0) is 13.0 Å². The molecule has 5 aromatic rings. The molecule has 0 radical (unpaired) electrons. The van der Waals surface area contributed by atoms with Crippen LogP contribution in [0.25, 0.3) is 16.7 Å². The summed E-state index contributed by atoms with van der Waals surface area (Å²) in [4.78, 5) is 24.1. The lowest BCUT2D eigenvalue weighted by Gasteiger charge is -2.11. The minimum Gasteiger partial charge on any atom is -0.489 e. The maximum Gasteiger partial charge on any atom is 0.573 e. The Morgan fingerprint density at radius 1 is 0.974 bits per heavy atom. The number of fused-ring (bicyclic) bond motifs is 1. The Balaban J connectivity index is 1.19. The van der Waals surface area contributed by atoms with Gasteiger partial charge in [-0.2, -0.15) is 0 Å². The lowest BCUT2D eigenvalue weighted by molar-refractivity contribution is -0.274. The molecule has 194 valence electrons. The topological polar surface area (TPSA) is 94.1 Å². The maximum absolute atomic E-state index is 12.5. The molecule has 0 aliphatic heterocycles. The van der Waals surface area contributed by atoms with Gasteiger partial charge in [0.1, 0.15) is 30.3 Å². The molecule has 2 aromatic heterocycles. The van der Waals surface area contributed by atoms with Crippen molar-refractivity contribution in [1.82, 2.24) is 24.8 Å². The molecule has 8 nitrogen and oxygen atoms in total. The van der Waals surface area contributed by atoms with Gasteiger partial charge in [-0.25, -0.2) is 9.97 Å². The summed E-state index contributed by atoms with van der Waals surface area (Å²) < 4.78 is 48.4. The highest BCUT2D eigenvalue weighted by atomic mass is 19.4. The minimum atomic E-state index is -4.72. The third kappa shape index (κ3) is 6.12. The van der Waals surface area contributed by atoms with Crippen molar-refractivity contribution in [2.75, 3.05) is 6.54 Å².